The highest BCUT2D eigenvalue weighted by molar-refractivity contribution is 7.95. The topological polar surface area (TPSA) is 147 Å². The first-order valence-electron chi connectivity index (χ1n) is 18.4. The second-order valence-electron chi connectivity index (χ2n) is 13.8. The molecule has 3 aliphatic rings. The van der Waals surface area contributed by atoms with E-state index in [1.807, 2.05) is 24.3 Å². The number of nitrogens with zero attached hydrogens (tertiary/aromatic N) is 1. The first kappa shape index (κ1) is 38.4. The number of aryl methyl sites for hydroxylation is 1. The maximum absolute atomic E-state index is 12.7. The van der Waals surface area contributed by atoms with Gasteiger partial charge >= 0.3 is 0 Å². The molecule has 0 saturated heterocycles. The number of allylic oxidation sites excluding steroid dienone is 3. The van der Waals surface area contributed by atoms with Gasteiger partial charge in [-0.3, -0.25) is 19.6 Å². The lowest BCUT2D eigenvalue weighted by Crippen LogP contribution is -2.32. The Labute approximate surface area is 330 Å². The van der Waals surface area contributed by atoms with E-state index >= 15 is 0 Å². The van der Waals surface area contributed by atoms with E-state index in [9.17, 15) is 28.0 Å². The Morgan fingerprint density at radius 3 is 2.38 bits per heavy atom. The maximum atomic E-state index is 12.7. The second-order valence-corrected chi connectivity index (χ2v) is 16.9. The smallest absolute Gasteiger partial charge is 0.252 e. The van der Waals surface area contributed by atoms with Crippen LogP contribution in [-0.2, 0) is 38.7 Å². The lowest BCUT2D eigenvalue weighted by Gasteiger charge is -2.26. The van der Waals surface area contributed by atoms with Crippen LogP contribution in [-0.4, -0.2) is 43.1 Å². The summed E-state index contributed by atoms with van der Waals surface area (Å²) in [6, 6.07) is 33.9. The molecule has 2 heterocycles. The molecule has 1 aromatic heterocycles. The maximum Gasteiger partial charge on any atom is 0.252 e. The quantitative estimate of drug-likeness (QED) is 0.102. The third-order valence-corrected chi connectivity index (χ3v) is 13.0. The molecule has 1 unspecified atom stereocenters. The molecule has 1 atom stereocenters. The number of carbonyl (C=O) groups is 3. The van der Waals surface area contributed by atoms with Crippen molar-refractivity contribution in [2.75, 3.05) is 11.6 Å². The lowest BCUT2D eigenvalue weighted by molar-refractivity contribution is -0.123. The van der Waals surface area contributed by atoms with Crippen molar-refractivity contribution in [1.29, 1.82) is 0 Å². The molecule has 0 radical (unpaired) electrons. The van der Waals surface area contributed by atoms with E-state index in [1.165, 1.54) is 56.0 Å². The monoisotopic (exact) mass is 783 g/mol. The van der Waals surface area contributed by atoms with Gasteiger partial charge in [0.05, 0.1) is 10.9 Å². The summed E-state index contributed by atoms with van der Waals surface area (Å²) < 4.78 is 22.3. The van der Waals surface area contributed by atoms with Crippen molar-refractivity contribution in [3.63, 3.8) is 0 Å². The summed E-state index contributed by atoms with van der Waals surface area (Å²) in [6.07, 6.45) is 10.9. The Morgan fingerprint density at radius 1 is 0.804 bits per heavy atom. The summed E-state index contributed by atoms with van der Waals surface area (Å²) in [4.78, 5) is 37.7. The van der Waals surface area contributed by atoms with E-state index in [0.29, 0.717) is 16.3 Å². The Morgan fingerprint density at radius 2 is 1.57 bits per heavy atom. The number of nitrogens with two attached hydrogens (primary N) is 1. The molecule has 3 amide bonds. The Hall–Kier alpha value is -5.88. The van der Waals surface area contributed by atoms with Crippen molar-refractivity contribution in [2.24, 2.45) is 5.73 Å². The number of primary amides is 1. The summed E-state index contributed by atoms with van der Waals surface area (Å²) in [6.45, 7) is 0.131. The number of nitrogens with one attached hydrogen (secondary N) is 1. The highest BCUT2D eigenvalue weighted by Crippen LogP contribution is 2.42. The van der Waals surface area contributed by atoms with Crippen molar-refractivity contribution in [2.45, 2.75) is 43.8 Å². The van der Waals surface area contributed by atoms with Crippen molar-refractivity contribution >= 4 is 56.2 Å². The molecule has 4 aromatic carbocycles. The summed E-state index contributed by atoms with van der Waals surface area (Å²) >= 11 is 1.73. The molecule has 0 fully saturated rings. The highest BCUT2D eigenvalue weighted by Gasteiger charge is 2.25. The van der Waals surface area contributed by atoms with E-state index in [-0.39, 0.29) is 25.3 Å². The largest absolute Gasteiger partial charge is 0.370 e. The highest BCUT2D eigenvalue weighted by atomic mass is 32.2. The summed E-state index contributed by atoms with van der Waals surface area (Å²) in [5, 5.41) is 14.4. The summed E-state index contributed by atoms with van der Waals surface area (Å²) in [5.41, 5.74) is 16.7. The standard InChI is InChI=1S/C38H32N2O3S.C7H9NO3S/c41-37(21-22-39-38(42)26-8-2-1-3-9-26)40(43)30-11-6-10-28(24-30)35-19-20-36(44-35)29-15-16-32-27(23-29)14-18-33-31-12-5-4-7-25(31)13-17-34(32)33;8-7(9)5-6-3-1-2-4-12(6,10)11/h1-12,14,18-20,23-24,43H,13,15-17,21-22H2,(H,39,42);1-4,6H,5H2,(H2,8,9). The fourth-order valence-electron chi connectivity index (χ4n) is 7.27. The van der Waals surface area contributed by atoms with Gasteiger partial charge in [0.25, 0.3) is 11.8 Å². The van der Waals surface area contributed by atoms with Crippen LogP contribution in [0.5, 0.6) is 0 Å². The molecule has 0 bridgehead atoms. The van der Waals surface area contributed by atoms with Crippen molar-refractivity contribution < 1.29 is 28.0 Å². The number of hydroxylamine groups is 1. The zero-order valence-electron chi connectivity index (χ0n) is 30.6. The fourth-order valence-corrected chi connectivity index (χ4v) is 9.53. The van der Waals surface area contributed by atoms with Crippen LogP contribution < -0.4 is 16.1 Å². The predicted octanol–water partition coefficient (Wildman–Crippen LogP) is 7.94. The van der Waals surface area contributed by atoms with E-state index in [1.54, 1.807) is 47.7 Å². The van der Waals surface area contributed by atoms with Crippen LogP contribution in [0.15, 0.2) is 127 Å². The number of carbonyl (C=O) groups excluding carboxylic acids is 3. The fraction of sp³-hybridized carbons (Fsp3) is 0.178. The molecule has 5 aromatic rings. The van der Waals surface area contributed by atoms with Gasteiger partial charge in [0.15, 0.2) is 9.84 Å². The number of anilines is 1. The van der Waals surface area contributed by atoms with E-state index in [0.717, 1.165) is 41.5 Å². The molecule has 4 N–H and O–H groups in total. The minimum absolute atomic E-state index is 0.0200. The Balaban J connectivity index is 0.000000344. The summed E-state index contributed by atoms with van der Waals surface area (Å²) in [7, 11) is -3.29. The lowest BCUT2D eigenvalue weighted by atomic mass is 9.78. The number of thiophene rings is 1. The van der Waals surface area contributed by atoms with Gasteiger partial charge in [-0.2, -0.15) is 5.06 Å². The van der Waals surface area contributed by atoms with Crippen molar-refractivity contribution in [3.8, 4) is 21.6 Å². The molecule has 9 nitrogen and oxygen atoms in total. The van der Waals surface area contributed by atoms with Crippen LogP contribution in [0.25, 0.3) is 33.2 Å². The van der Waals surface area contributed by atoms with Gasteiger partial charge in [0.1, 0.15) is 0 Å². The zero-order valence-corrected chi connectivity index (χ0v) is 32.2. The van der Waals surface area contributed by atoms with Crippen molar-refractivity contribution in [1.82, 2.24) is 5.32 Å². The average Bonchev–Trinajstić information content (AvgIpc) is 3.72. The molecule has 8 rings (SSSR count). The zero-order chi connectivity index (χ0) is 39.2. The molecule has 1 aliphatic heterocycles. The van der Waals surface area contributed by atoms with E-state index < -0.39 is 26.9 Å². The molecule has 11 heteroatoms. The average molecular weight is 784 g/mol. The van der Waals surface area contributed by atoms with Crippen LogP contribution in [0.3, 0.4) is 0 Å². The molecule has 0 saturated carbocycles. The molecule has 2 aliphatic carbocycles. The molecular weight excluding hydrogens is 743 g/mol. The third-order valence-electron chi connectivity index (χ3n) is 10.1. The number of hydrogen-bond donors (Lipinski definition) is 3. The molecule has 0 spiro atoms. The van der Waals surface area contributed by atoms with Gasteiger partial charge in [-0.1, -0.05) is 91.0 Å². The number of rotatable bonds is 9. The summed E-state index contributed by atoms with van der Waals surface area (Å²) in [5.74, 6) is -1.34. The van der Waals surface area contributed by atoms with E-state index in [2.05, 4.69) is 59.9 Å². The van der Waals surface area contributed by atoms with Crippen LogP contribution in [0.4, 0.5) is 5.69 Å². The Kier molecular flexibility index (Phi) is 11.6. The van der Waals surface area contributed by atoms with Gasteiger partial charge < -0.3 is 11.1 Å². The molecule has 284 valence electrons. The number of fused-ring (bicyclic) bond motifs is 5. The first-order chi connectivity index (χ1) is 27.1. The second kappa shape index (κ2) is 16.9. The molecule has 56 heavy (non-hydrogen) atoms. The van der Waals surface area contributed by atoms with Gasteiger partial charge in [0.2, 0.25) is 5.91 Å². The number of amides is 3. The van der Waals surface area contributed by atoms with Gasteiger partial charge in [-0.05, 0) is 107 Å². The third kappa shape index (κ3) is 8.65. The van der Waals surface area contributed by atoms with Crippen molar-refractivity contribution in [3.05, 3.63) is 159 Å². The molecular formula is C45H41N3O6S2. The SMILES string of the molecule is NC(=O)CC1C=CC=CS1(=O)=O.O=C(NCCC(=O)N(O)c1cccc(-c2ccc(C3=Cc4ccc5c(c4CC3)CCc3ccccc3-5)s2)c1)c1ccccc1. The minimum Gasteiger partial charge on any atom is -0.370 e. The number of hydrogen-bond acceptors (Lipinski definition) is 7. The van der Waals surface area contributed by atoms with Gasteiger partial charge in [0, 0.05) is 40.1 Å². The van der Waals surface area contributed by atoms with Gasteiger partial charge in [-0.25, -0.2) is 8.42 Å². The predicted molar refractivity (Wildman–Crippen MR) is 223 cm³/mol. The van der Waals surface area contributed by atoms with Crippen LogP contribution >= 0.6 is 11.3 Å². The first-order valence-corrected chi connectivity index (χ1v) is 20.9. The Bertz CT molecular complexity index is 2500. The van der Waals surface area contributed by atoms with Crippen LogP contribution in [0, 0.1) is 0 Å². The number of benzene rings is 4. The number of sulfone groups is 1. The minimum atomic E-state index is -3.29. The van der Waals surface area contributed by atoms with Crippen LogP contribution in [0.2, 0.25) is 0 Å². The van der Waals surface area contributed by atoms with Gasteiger partial charge in [-0.15, -0.1) is 11.3 Å². The normalized spacial score (nSPS) is 15.9. The van der Waals surface area contributed by atoms with Crippen LogP contribution in [0.1, 0.15) is 56.8 Å². The van der Waals surface area contributed by atoms with E-state index in [4.69, 9.17) is 5.73 Å².